The minimum absolute atomic E-state index is 0.263. The summed E-state index contributed by atoms with van der Waals surface area (Å²) in [5.74, 6) is 0.306. The fourth-order valence-corrected chi connectivity index (χ4v) is 2.91. The van der Waals surface area contributed by atoms with E-state index >= 15 is 0 Å². The van der Waals surface area contributed by atoms with Crippen LogP contribution in [0.5, 0.6) is 0 Å². The van der Waals surface area contributed by atoms with Crippen molar-refractivity contribution in [1.29, 1.82) is 5.41 Å². The van der Waals surface area contributed by atoms with Crippen LogP contribution in [0.15, 0.2) is 0 Å². The summed E-state index contributed by atoms with van der Waals surface area (Å²) >= 11 is 0. The van der Waals surface area contributed by atoms with Gasteiger partial charge in [0.05, 0.1) is 13.2 Å². The Kier molecular flexibility index (Phi) is 3.62. The van der Waals surface area contributed by atoms with Gasteiger partial charge in [0.15, 0.2) is 5.79 Å². The molecule has 2 rings (SSSR count). The molecule has 1 spiro atoms. The van der Waals surface area contributed by atoms with Gasteiger partial charge in [-0.2, -0.15) is 0 Å². The SMILES string of the molecule is CN(C)C(C=N)C1CCC2(CC1)OCCO2. The van der Waals surface area contributed by atoms with Crippen molar-refractivity contribution in [1.82, 2.24) is 4.90 Å². The highest BCUT2D eigenvalue weighted by Gasteiger charge is 2.41. The zero-order chi connectivity index (χ0) is 11.6. The van der Waals surface area contributed by atoms with Crippen molar-refractivity contribution in [3.63, 3.8) is 0 Å². The van der Waals surface area contributed by atoms with Crippen LogP contribution in [0.25, 0.3) is 0 Å². The second-order valence-corrected chi connectivity index (χ2v) is 5.07. The lowest BCUT2D eigenvalue weighted by Crippen LogP contribution is -2.43. The third-order valence-electron chi connectivity index (χ3n) is 3.86. The molecule has 4 nitrogen and oxygen atoms in total. The standard InChI is InChI=1S/C12H22N2O2/c1-14(2)11(9-13)10-3-5-12(6-4-10)15-7-8-16-12/h9-11,13H,3-8H2,1-2H3. The molecule has 0 aromatic carbocycles. The van der Waals surface area contributed by atoms with E-state index in [0.717, 1.165) is 38.9 Å². The van der Waals surface area contributed by atoms with Crippen LogP contribution in [0.1, 0.15) is 25.7 Å². The van der Waals surface area contributed by atoms with Crippen molar-refractivity contribution in [3.8, 4) is 0 Å². The van der Waals surface area contributed by atoms with Gasteiger partial charge in [-0.1, -0.05) is 0 Å². The van der Waals surface area contributed by atoms with Crippen molar-refractivity contribution < 1.29 is 9.47 Å². The third kappa shape index (κ3) is 2.29. The van der Waals surface area contributed by atoms with Gasteiger partial charge in [-0.25, -0.2) is 0 Å². The molecule has 2 fully saturated rings. The zero-order valence-electron chi connectivity index (χ0n) is 10.2. The maximum absolute atomic E-state index is 7.50. The van der Waals surface area contributed by atoms with Gasteiger partial charge in [-0.05, 0) is 32.9 Å². The van der Waals surface area contributed by atoms with Crippen molar-refractivity contribution in [3.05, 3.63) is 0 Å². The van der Waals surface area contributed by atoms with E-state index in [9.17, 15) is 0 Å². The molecule has 1 unspecified atom stereocenters. The van der Waals surface area contributed by atoms with E-state index in [4.69, 9.17) is 14.9 Å². The van der Waals surface area contributed by atoms with Crippen molar-refractivity contribution >= 4 is 6.21 Å². The normalized spacial score (nSPS) is 27.4. The number of rotatable bonds is 3. The van der Waals surface area contributed by atoms with E-state index in [0.29, 0.717) is 5.92 Å². The molecule has 1 saturated carbocycles. The summed E-state index contributed by atoms with van der Waals surface area (Å²) in [5, 5.41) is 7.50. The van der Waals surface area contributed by atoms with Crippen LogP contribution in [-0.2, 0) is 9.47 Å². The molecule has 1 aliphatic heterocycles. The van der Waals surface area contributed by atoms with E-state index in [1.807, 2.05) is 14.1 Å². The van der Waals surface area contributed by atoms with Crippen LogP contribution < -0.4 is 0 Å². The molecule has 1 heterocycles. The molecule has 2 aliphatic rings. The molecule has 1 aliphatic carbocycles. The lowest BCUT2D eigenvalue weighted by atomic mass is 9.80. The fourth-order valence-electron chi connectivity index (χ4n) is 2.91. The quantitative estimate of drug-likeness (QED) is 0.742. The smallest absolute Gasteiger partial charge is 0.168 e. The highest BCUT2D eigenvalue weighted by atomic mass is 16.7. The second-order valence-electron chi connectivity index (χ2n) is 5.07. The Morgan fingerprint density at radius 1 is 1.25 bits per heavy atom. The minimum Gasteiger partial charge on any atom is -0.348 e. The average Bonchev–Trinajstić information content (AvgIpc) is 2.70. The Labute approximate surface area is 97.4 Å². The predicted molar refractivity (Wildman–Crippen MR) is 62.9 cm³/mol. The summed E-state index contributed by atoms with van der Waals surface area (Å²) in [6.45, 7) is 1.48. The summed E-state index contributed by atoms with van der Waals surface area (Å²) < 4.78 is 11.4. The molecule has 16 heavy (non-hydrogen) atoms. The van der Waals surface area contributed by atoms with Crippen molar-refractivity contribution in [2.75, 3.05) is 27.3 Å². The summed E-state index contributed by atoms with van der Waals surface area (Å²) in [6.07, 6.45) is 5.72. The maximum Gasteiger partial charge on any atom is 0.168 e. The molecule has 0 aromatic rings. The van der Waals surface area contributed by atoms with Gasteiger partial charge in [-0.15, -0.1) is 0 Å². The lowest BCUT2D eigenvalue weighted by Gasteiger charge is -2.39. The summed E-state index contributed by atoms with van der Waals surface area (Å²) in [4.78, 5) is 2.13. The molecule has 1 atom stereocenters. The lowest BCUT2D eigenvalue weighted by molar-refractivity contribution is -0.183. The molecule has 0 radical (unpaired) electrons. The van der Waals surface area contributed by atoms with E-state index in [-0.39, 0.29) is 11.8 Å². The molecule has 92 valence electrons. The first-order valence-electron chi connectivity index (χ1n) is 6.12. The zero-order valence-corrected chi connectivity index (χ0v) is 10.2. The van der Waals surface area contributed by atoms with Crippen molar-refractivity contribution in [2.45, 2.75) is 37.5 Å². The van der Waals surface area contributed by atoms with E-state index in [1.165, 1.54) is 0 Å². The second kappa shape index (κ2) is 4.82. The van der Waals surface area contributed by atoms with Gasteiger partial charge in [0.25, 0.3) is 0 Å². The number of hydrogen-bond donors (Lipinski definition) is 1. The van der Waals surface area contributed by atoms with E-state index in [1.54, 1.807) is 6.21 Å². The number of nitrogens with one attached hydrogen (secondary N) is 1. The summed E-state index contributed by atoms with van der Waals surface area (Å²) in [7, 11) is 4.09. The number of hydrogen-bond acceptors (Lipinski definition) is 4. The maximum atomic E-state index is 7.50. The monoisotopic (exact) mass is 226 g/mol. The van der Waals surface area contributed by atoms with Crippen LogP contribution >= 0.6 is 0 Å². The van der Waals surface area contributed by atoms with Gasteiger partial charge in [0.2, 0.25) is 0 Å². The first kappa shape index (κ1) is 12.0. The molecule has 0 aromatic heterocycles. The van der Waals surface area contributed by atoms with Gasteiger partial charge < -0.3 is 19.8 Å². The van der Waals surface area contributed by atoms with Crippen LogP contribution in [0.4, 0.5) is 0 Å². The molecule has 0 amide bonds. The third-order valence-corrected chi connectivity index (χ3v) is 3.86. The Hall–Kier alpha value is -0.450. The van der Waals surface area contributed by atoms with Crippen LogP contribution in [0.3, 0.4) is 0 Å². The van der Waals surface area contributed by atoms with Crippen molar-refractivity contribution in [2.24, 2.45) is 5.92 Å². The van der Waals surface area contributed by atoms with Gasteiger partial charge in [0.1, 0.15) is 0 Å². The Bertz CT molecular complexity index is 239. The Balaban J connectivity index is 1.91. The molecule has 0 bridgehead atoms. The van der Waals surface area contributed by atoms with Crippen LogP contribution in [0.2, 0.25) is 0 Å². The fraction of sp³-hybridized carbons (Fsp3) is 0.917. The highest BCUT2D eigenvalue weighted by Crippen LogP contribution is 2.39. The Morgan fingerprint density at radius 2 is 1.81 bits per heavy atom. The summed E-state index contributed by atoms with van der Waals surface area (Å²) in [6, 6.07) is 0.263. The predicted octanol–water partition coefficient (Wildman–Crippen LogP) is 1.50. The summed E-state index contributed by atoms with van der Waals surface area (Å²) in [5.41, 5.74) is 0. The molecule has 1 N–H and O–H groups in total. The Morgan fingerprint density at radius 3 is 2.25 bits per heavy atom. The van der Waals surface area contributed by atoms with E-state index < -0.39 is 0 Å². The van der Waals surface area contributed by atoms with E-state index in [2.05, 4.69) is 4.90 Å². The van der Waals surface area contributed by atoms with Gasteiger partial charge >= 0.3 is 0 Å². The van der Waals surface area contributed by atoms with Crippen LogP contribution in [-0.4, -0.2) is 50.3 Å². The minimum atomic E-state index is -0.268. The van der Waals surface area contributed by atoms with Gasteiger partial charge in [-0.3, -0.25) is 0 Å². The molecular weight excluding hydrogens is 204 g/mol. The average molecular weight is 226 g/mol. The topological polar surface area (TPSA) is 45.6 Å². The van der Waals surface area contributed by atoms with Gasteiger partial charge in [0, 0.05) is 25.1 Å². The number of ether oxygens (including phenoxy) is 2. The highest BCUT2D eigenvalue weighted by molar-refractivity contribution is 5.61. The number of nitrogens with zero attached hydrogens (tertiary/aromatic N) is 1. The first-order chi connectivity index (χ1) is 7.67. The van der Waals surface area contributed by atoms with Crippen LogP contribution in [0, 0.1) is 11.3 Å². The first-order valence-corrected chi connectivity index (χ1v) is 6.12. The molecule has 4 heteroatoms. The molecule has 1 saturated heterocycles. The molecular formula is C12H22N2O2. The largest absolute Gasteiger partial charge is 0.348 e.